The second kappa shape index (κ2) is 7.47. The molecule has 1 fully saturated rings. The Labute approximate surface area is 143 Å². The topological polar surface area (TPSA) is 58.3 Å². The Morgan fingerprint density at radius 1 is 1.29 bits per heavy atom. The predicted molar refractivity (Wildman–Crippen MR) is 95.8 cm³/mol. The molecule has 1 saturated heterocycles. The van der Waals surface area contributed by atoms with Crippen molar-refractivity contribution < 1.29 is 0 Å². The molecule has 0 spiro atoms. The van der Waals surface area contributed by atoms with Crippen molar-refractivity contribution in [1.82, 2.24) is 25.0 Å². The molecule has 6 nitrogen and oxygen atoms in total. The van der Waals surface area contributed by atoms with Crippen LogP contribution in [0.25, 0.3) is 0 Å². The monoisotopic (exact) mass is 326 g/mol. The highest BCUT2D eigenvalue weighted by Crippen LogP contribution is 2.20. The van der Waals surface area contributed by atoms with Crippen LogP contribution in [0.5, 0.6) is 0 Å². The van der Waals surface area contributed by atoms with Crippen LogP contribution >= 0.6 is 0 Å². The van der Waals surface area contributed by atoms with E-state index in [1.165, 1.54) is 12.0 Å². The summed E-state index contributed by atoms with van der Waals surface area (Å²) < 4.78 is 2.00. The van der Waals surface area contributed by atoms with Crippen molar-refractivity contribution in [3.63, 3.8) is 0 Å². The van der Waals surface area contributed by atoms with Crippen LogP contribution in [0.3, 0.4) is 0 Å². The predicted octanol–water partition coefficient (Wildman–Crippen LogP) is 1.76. The SMILES string of the molecule is CN=C(NCc1nnc(C)n1C)N1CCC(Cc2ccccc2)C1. The quantitative estimate of drug-likeness (QED) is 0.687. The summed E-state index contributed by atoms with van der Waals surface area (Å²) in [7, 11) is 3.83. The molecule has 2 heterocycles. The van der Waals surface area contributed by atoms with Gasteiger partial charge in [0.25, 0.3) is 0 Å². The van der Waals surface area contributed by atoms with Gasteiger partial charge in [0.05, 0.1) is 6.54 Å². The maximum Gasteiger partial charge on any atom is 0.194 e. The van der Waals surface area contributed by atoms with Gasteiger partial charge in [0.15, 0.2) is 11.8 Å². The Hall–Kier alpha value is -2.37. The van der Waals surface area contributed by atoms with Crippen LogP contribution in [0.4, 0.5) is 0 Å². The third-order valence-corrected chi connectivity index (χ3v) is 4.75. The molecule has 0 bridgehead atoms. The summed E-state index contributed by atoms with van der Waals surface area (Å²) in [5.74, 6) is 3.48. The third kappa shape index (κ3) is 3.75. The van der Waals surface area contributed by atoms with E-state index in [1.54, 1.807) is 0 Å². The summed E-state index contributed by atoms with van der Waals surface area (Å²) >= 11 is 0. The van der Waals surface area contributed by atoms with Crippen molar-refractivity contribution in [3.8, 4) is 0 Å². The van der Waals surface area contributed by atoms with Gasteiger partial charge in [-0.15, -0.1) is 10.2 Å². The summed E-state index contributed by atoms with van der Waals surface area (Å²) in [6, 6.07) is 10.7. The molecule has 1 atom stereocenters. The van der Waals surface area contributed by atoms with Crippen LogP contribution in [0.15, 0.2) is 35.3 Å². The number of likely N-dealkylation sites (tertiary alicyclic amines) is 1. The molecule has 0 radical (unpaired) electrons. The Morgan fingerprint density at radius 2 is 2.08 bits per heavy atom. The zero-order chi connectivity index (χ0) is 16.9. The summed E-state index contributed by atoms with van der Waals surface area (Å²) in [6.07, 6.45) is 2.34. The van der Waals surface area contributed by atoms with Crippen LogP contribution < -0.4 is 5.32 Å². The fourth-order valence-electron chi connectivity index (χ4n) is 3.23. The van der Waals surface area contributed by atoms with Crippen molar-refractivity contribution in [2.24, 2.45) is 18.0 Å². The van der Waals surface area contributed by atoms with Crippen LogP contribution in [-0.2, 0) is 20.0 Å². The third-order valence-electron chi connectivity index (χ3n) is 4.75. The van der Waals surface area contributed by atoms with Gasteiger partial charge in [-0.1, -0.05) is 30.3 Å². The molecule has 2 aromatic rings. The Bertz CT molecular complexity index is 691. The molecule has 128 valence electrons. The van der Waals surface area contributed by atoms with Crippen molar-refractivity contribution in [3.05, 3.63) is 47.5 Å². The standard InChI is InChI=1S/C18H26N6/c1-14-21-22-17(23(14)3)12-20-18(19-2)24-10-9-16(13-24)11-15-7-5-4-6-8-15/h4-8,16H,9-13H2,1-3H3,(H,19,20). The minimum Gasteiger partial charge on any atom is -0.349 e. The van der Waals surface area contributed by atoms with E-state index in [0.717, 1.165) is 37.1 Å². The summed E-state index contributed by atoms with van der Waals surface area (Å²) in [6.45, 7) is 4.70. The number of benzene rings is 1. The molecule has 1 aromatic heterocycles. The van der Waals surface area contributed by atoms with Crippen molar-refractivity contribution in [2.75, 3.05) is 20.1 Å². The summed E-state index contributed by atoms with van der Waals surface area (Å²) in [5.41, 5.74) is 1.42. The first kappa shape index (κ1) is 16.5. The lowest BCUT2D eigenvalue weighted by atomic mass is 9.99. The van der Waals surface area contributed by atoms with Gasteiger partial charge in [-0.3, -0.25) is 4.99 Å². The highest BCUT2D eigenvalue weighted by atomic mass is 15.3. The Balaban J connectivity index is 1.54. The van der Waals surface area contributed by atoms with Gasteiger partial charge in [0.2, 0.25) is 0 Å². The minimum atomic E-state index is 0.643. The first-order chi connectivity index (χ1) is 11.7. The van der Waals surface area contributed by atoms with E-state index < -0.39 is 0 Å². The first-order valence-electron chi connectivity index (χ1n) is 8.51. The van der Waals surface area contributed by atoms with E-state index in [-0.39, 0.29) is 0 Å². The van der Waals surface area contributed by atoms with E-state index in [4.69, 9.17) is 0 Å². The second-order valence-electron chi connectivity index (χ2n) is 6.41. The zero-order valence-electron chi connectivity index (χ0n) is 14.7. The van der Waals surface area contributed by atoms with Gasteiger partial charge >= 0.3 is 0 Å². The Morgan fingerprint density at radius 3 is 2.75 bits per heavy atom. The number of hydrogen-bond donors (Lipinski definition) is 1. The maximum atomic E-state index is 4.44. The molecule has 6 heteroatoms. The lowest BCUT2D eigenvalue weighted by Gasteiger charge is -2.21. The number of aromatic nitrogens is 3. The average molecular weight is 326 g/mol. The first-order valence-corrected chi connectivity index (χ1v) is 8.51. The number of nitrogens with one attached hydrogen (secondary N) is 1. The number of aliphatic imine (C=N–C) groups is 1. The minimum absolute atomic E-state index is 0.643. The summed E-state index contributed by atoms with van der Waals surface area (Å²) in [5, 5.41) is 11.7. The van der Waals surface area contributed by atoms with Gasteiger partial charge in [0, 0.05) is 27.2 Å². The van der Waals surface area contributed by atoms with E-state index in [2.05, 4.69) is 55.7 Å². The highest BCUT2D eigenvalue weighted by Gasteiger charge is 2.25. The molecule has 1 aliphatic heterocycles. The number of nitrogens with zero attached hydrogens (tertiary/aromatic N) is 5. The lowest BCUT2D eigenvalue weighted by Crippen LogP contribution is -2.40. The molecular formula is C18H26N6. The average Bonchev–Trinajstić information content (AvgIpc) is 3.18. The van der Waals surface area contributed by atoms with E-state index in [9.17, 15) is 0 Å². The number of hydrogen-bond acceptors (Lipinski definition) is 3. The molecule has 0 saturated carbocycles. The van der Waals surface area contributed by atoms with Gasteiger partial charge in [-0.2, -0.15) is 0 Å². The fraction of sp³-hybridized carbons (Fsp3) is 0.500. The van der Waals surface area contributed by atoms with E-state index in [1.807, 2.05) is 25.6 Å². The molecule has 1 aliphatic rings. The molecule has 1 aromatic carbocycles. The molecule has 24 heavy (non-hydrogen) atoms. The molecule has 0 aliphatic carbocycles. The van der Waals surface area contributed by atoms with Gasteiger partial charge < -0.3 is 14.8 Å². The molecule has 0 amide bonds. The highest BCUT2D eigenvalue weighted by molar-refractivity contribution is 5.80. The molecular weight excluding hydrogens is 300 g/mol. The van der Waals surface area contributed by atoms with Gasteiger partial charge in [0.1, 0.15) is 5.82 Å². The maximum absolute atomic E-state index is 4.44. The molecule has 3 rings (SSSR count). The number of guanidine groups is 1. The summed E-state index contributed by atoms with van der Waals surface area (Å²) in [4.78, 5) is 6.78. The molecule has 1 N–H and O–H groups in total. The van der Waals surface area contributed by atoms with Gasteiger partial charge in [-0.25, -0.2) is 0 Å². The van der Waals surface area contributed by atoms with E-state index in [0.29, 0.717) is 12.5 Å². The smallest absolute Gasteiger partial charge is 0.194 e. The van der Waals surface area contributed by atoms with Crippen molar-refractivity contribution in [1.29, 1.82) is 0 Å². The van der Waals surface area contributed by atoms with Crippen LogP contribution in [0.1, 0.15) is 23.6 Å². The lowest BCUT2D eigenvalue weighted by molar-refractivity contribution is 0.458. The normalized spacial score (nSPS) is 18.2. The Kier molecular flexibility index (Phi) is 5.13. The van der Waals surface area contributed by atoms with Crippen LogP contribution in [-0.4, -0.2) is 45.8 Å². The van der Waals surface area contributed by atoms with E-state index >= 15 is 0 Å². The number of aryl methyl sites for hydroxylation is 1. The zero-order valence-corrected chi connectivity index (χ0v) is 14.7. The largest absolute Gasteiger partial charge is 0.349 e. The van der Waals surface area contributed by atoms with Crippen LogP contribution in [0, 0.1) is 12.8 Å². The second-order valence-corrected chi connectivity index (χ2v) is 6.41. The molecule has 1 unspecified atom stereocenters. The van der Waals surface area contributed by atoms with Crippen molar-refractivity contribution in [2.45, 2.75) is 26.3 Å². The van der Waals surface area contributed by atoms with Crippen molar-refractivity contribution >= 4 is 5.96 Å². The van der Waals surface area contributed by atoms with Crippen LogP contribution in [0.2, 0.25) is 0 Å². The fourth-order valence-corrected chi connectivity index (χ4v) is 3.23. The number of rotatable bonds is 4. The van der Waals surface area contributed by atoms with Gasteiger partial charge in [-0.05, 0) is 31.2 Å².